The molecule has 0 radical (unpaired) electrons. The van der Waals surface area contributed by atoms with Gasteiger partial charge in [-0.2, -0.15) is 8.78 Å². The zero-order valence-corrected chi connectivity index (χ0v) is 16.9. The molecule has 0 atom stereocenters. The van der Waals surface area contributed by atoms with E-state index < -0.39 is 24.1 Å². The summed E-state index contributed by atoms with van der Waals surface area (Å²) < 4.78 is 52.6. The van der Waals surface area contributed by atoms with Gasteiger partial charge in [0.1, 0.15) is 0 Å². The highest BCUT2D eigenvalue weighted by Crippen LogP contribution is 2.29. The maximum atomic E-state index is 13.8. The van der Waals surface area contributed by atoms with Crippen molar-refractivity contribution in [2.45, 2.75) is 19.9 Å². The number of aromatic nitrogens is 4. The van der Waals surface area contributed by atoms with E-state index in [2.05, 4.69) is 20.7 Å². The molecule has 1 aliphatic heterocycles. The Labute approximate surface area is 180 Å². The van der Waals surface area contributed by atoms with Crippen LogP contribution in [0.3, 0.4) is 0 Å². The molecule has 2 heterocycles. The molecule has 0 saturated heterocycles. The molecule has 2 aromatic carbocycles. The normalized spacial score (nSPS) is 14.2. The van der Waals surface area contributed by atoms with E-state index in [-0.39, 0.29) is 16.3 Å². The minimum absolute atomic E-state index is 0.122. The number of carbonyl (C=O) groups excluding carboxylic acids is 1. The van der Waals surface area contributed by atoms with Crippen molar-refractivity contribution >= 4 is 23.1 Å². The third kappa shape index (κ3) is 4.32. The van der Waals surface area contributed by atoms with Crippen molar-refractivity contribution in [2.75, 3.05) is 23.3 Å². The van der Waals surface area contributed by atoms with E-state index in [4.69, 9.17) is 0 Å². The number of hydrogen-bond donors (Lipinski definition) is 1. The van der Waals surface area contributed by atoms with Crippen LogP contribution in [0.1, 0.15) is 35.8 Å². The summed E-state index contributed by atoms with van der Waals surface area (Å²) in [7, 11) is 0. The van der Waals surface area contributed by atoms with E-state index in [1.165, 1.54) is 12.1 Å². The fraction of sp³-hybridized carbons (Fsp3) is 0.238. The number of anilines is 2. The lowest BCUT2D eigenvalue weighted by Crippen LogP contribution is -2.31. The Morgan fingerprint density at radius 1 is 1.12 bits per heavy atom. The third-order valence-electron chi connectivity index (χ3n) is 5.18. The maximum absolute atomic E-state index is 13.8. The lowest BCUT2D eigenvalue weighted by molar-refractivity contribution is 0.0397. The quantitative estimate of drug-likeness (QED) is 0.592. The number of tetrazole rings is 1. The summed E-state index contributed by atoms with van der Waals surface area (Å²) in [5.41, 5.74) is 2.98. The summed E-state index contributed by atoms with van der Waals surface area (Å²) in [5, 5.41) is 13.3. The van der Waals surface area contributed by atoms with Crippen LogP contribution in [-0.2, 0) is 0 Å². The predicted molar refractivity (Wildman–Crippen MR) is 109 cm³/mol. The van der Waals surface area contributed by atoms with E-state index in [1.54, 1.807) is 29.2 Å². The van der Waals surface area contributed by atoms with Gasteiger partial charge in [0.15, 0.2) is 11.6 Å². The molecule has 32 heavy (non-hydrogen) atoms. The van der Waals surface area contributed by atoms with Crippen molar-refractivity contribution in [1.82, 2.24) is 20.2 Å². The van der Waals surface area contributed by atoms with Crippen LogP contribution in [0.15, 0.2) is 48.0 Å². The summed E-state index contributed by atoms with van der Waals surface area (Å²) in [4.78, 5) is 14.3. The van der Waals surface area contributed by atoms with Crippen LogP contribution in [0.2, 0.25) is 0 Å². The van der Waals surface area contributed by atoms with Gasteiger partial charge < -0.3 is 10.2 Å². The molecule has 0 aliphatic carbocycles. The molecule has 7 nitrogen and oxygen atoms in total. The second-order valence-corrected chi connectivity index (χ2v) is 7.25. The first-order valence-electron chi connectivity index (χ1n) is 9.70. The number of amides is 1. The van der Waals surface area contributed by atoms with Crippen LogP contribution in [-0.4, -0.2) is 39.2 Å². The smallest absolute Gasteiger partial charge is 0.334 e. The molecule has 3 aromatic rings. The number of nitrogens with one attached hydrogen (secondary N) is 1. The van der Waals surface area contributed by atoms with Crippen molar-refractivity contribution < 1.29 is 22.4 Å². The monoisotopic (exact) mass is 446 g/mol. The van der Waals surface area contributed by atoms with E-state index >= 15 is 0 Å². The number of nitrogens with zero attached hydrogens (tertiary/aromatic N) is 5. The number of halogens is 4. The standard InChI is InChI=1S/C21H18F4N6O/c1-12-9-10-30(21-27-29-31(28-21)20(24)25)11-16(12)13-5-7-14(8-6-13)26-19(32)15-3-2-4-17(22)18(15)23/h2-8,20H,9-11H2,1H3,(H,26,32). The number of rotatable bonds is 5. The van der Waals surface area contributed by atoms with Crippen LogP contribution in [0.5, 0.6) is 0 Å². The average molecular weight is 446 g/mol. The third-order valence-corrected chi connectivity index (χ3v) is 5.18. The van der Waals surface area contributed by atoms with E-state index in [9.17, 15) is 22.4 Å². The predicted octanol–water partition coefficient (Wildman–Crippen LogP) is 4.28. The number of carbonyl (C=O) groups is 1. The van der Waals surface area contributed by atoms with E-state index in [0.717, 1.165) is 22.8 Å². The summed E-state index contributed by atoms with van der Waals surface area (Å²) in [5.74, 6) is -2.94. The van der Waals surface area contributed by atoms with Crippen LogP contribution < -0.4 is 10.2 Å². The Morgan fingerprint density at radius 3 is 2.56 bits per heavy atom. The minimum atomic E-state index is -2.86. The number of alkyl halides is 2. The molecule has 166 valence electrons. The Hall–Kier alpha value is -3.76. The van der Waals surface area contributed by atoms with Crippen LogP contribution in [0, 0.1) is 11.6 Å². The first-order chi connectivity index (χ1) is 15.3. The zero-order chi connectivity index (χ0) is 22.8. The molecular formula is C21H18F4N6O. The Morgan fingerprint density at radius 2 is 1.88 bits per heavy atom. The van der Waals surface area contributed by atoms with Crippen molar-refractivity contribution in [1.29, 1.82) is 0 Å². The maximum Gasteiger partial charge on any atom is 0.350 e. The molecular weight excluding hydrogens is 428 g/mol. The van der Waals surface area contributed by atoms with Crippen LogP contribution >= 0.6 is 0 Å². The van der Waals surface area contributed by atoms with Crippen molar-refractivity contribution in [2.24, 2.45) is 0 Å². The van der Waals surface area contributed by atoms with Crippen LogP contribution in [0.25, 0.3) is 5.57 Å². The molecule has 1 aromatic heterocycles. The summed E-state index contributed by atoms with van der Waals surface area (Å²) in [6, 6.07) is 10.3. The van der Waals surface area contributed by atoms with Gasteiger partial charge in [-0.05, 0) is 54.0 Å². The molecule has 1 amide bonds. The molecule has 0 fully saturated rings. The average Bonchev–Trinajstić information content (AvgIpc) is 3.27. The molecule has 0 saturated carbocycles. The van der Waals surface area contributed by atoms with Gasteiger partial charge in [0.2, 0.25) is 0 Å². The topological polar surface area (TPSA) is 75.9 Å². The van der Waals surface area contributed by atoms with Gasteiger partial charge in [-0.15, -0.1) is 5.10 Å². The van der Waals surface area contributed by atoms with Gasteiger partial charge >= 0.3 is 6.55 Å². The van der Waals surface area contributed by atoms with Crippen molar-refractivity contribution in [3.8, 4) is 0 Å². The molecule has 1 N–H and O–H groups in total. The first kappa shape index (κ1) is 21.5. The Balaban J connectivity index is 1.49. The van der Waals surface area contributed by atoms with Gasteiger partial charge in [0, 0.05) is 18.8 Å². The molecule has 1 aliphatic rings. The second-order valence-electron chi connectivity index (χ2n) is 7.25. The largest absolute Gasteiger partial charge is 0.350 e. The Kier molecular flexibility index (Phi) is 5.89. The van der Waals surface area contributed by atoms with Gasteiger partial charge in [0.25, 0.3) is 11.9 Å². The zero-order valence-electron chi connectivity index (χ0n) is 16.9. The Bertz CT molecular complexity index is 1180. The first-order valence-corrected chi connectivity index (χ1v) is 9.70. The lowest BCUT2D eigenvalue weighted by Gasteiger charge is -2.29. The fourth-order valence-electron chi connectivity index (χ4n) is 3.43. The fourth-order valence-corrected chi connectivity index (χ4v) is 3.43. The SMILES string of the molecule is CC1=C(c2ccc(NC(=O)c3cccc(F)c3F)cc2)CN(c2nnn(C(F)F)n2)CC1. The van der Waals surface area contributed by atoms with Gasteiger partial charge in [-0.1, -0.05) is 33.7 Å². The van der Waals surface area contributed by atoms with Gasteiger partial charge in [-0.25, -0.2) is 8.78 Å². The number of benzene rings is 2. The van der Waals surface area contributed by atoms with Crippen molar-refractivity contribution in [3.05, 3.63) is 70.8 Å². The summed E-state index contributed by atoms with van der Waals surface area (Å²) >= 11 is 0. The van der Waals surface area contributed by atoms with Crippen molar-refractivity contribution in [3.63, 3.8) is 0 Å². The highest BCUT2D eigenvalue weighted by atomic mass is 19.3. The van der Waals surface area contributed by atoms with E-state index in [0.29, 0.717) is 25.2 Å². The summed E-state index contributed by atoms with van der Waals surface area (Å²) in [6.07, 6.45) is 0.690. The second kappa shape index (κ2) is 8.77. The van der Waals surface area contributed by atoms with Crippen LogP contribution in [0.4, 0.5) is 29.2 Å². The molecule has 0 bridgehead atoms. The minimum Gasteiger partial charge on any atom is -0.334 e. The highest BCUT2D eigenvalue weighted by molar-refractivity contribution is 6.04. The molecule has 0 spiro atoms. The van der Waals surface area contributed by atoms with Gasteiger partial charge in [-0.3, -0.25) is 4.79 Å². The highest BCUT2D eigenvalue weighted by Gasteiger charge is 2.23. The van der Waals surface area contributed by atoms with E-state index in [1.807, 2.05) is 6.92 Å². The lowest BCUT2D eigenvalue weighted by atomic mass is 9.95. The molecule has 0 unspecified atom stereocenters. The molecule has 4 rings (SSSR count). The van der Waals surface area contributed by atoms with Gasteiger partial charge in [0.05, 0.1) is 5.56 Å². The molecule has 11 heteroatoms. The summed E-state index contributed by atoms with van der Waals surface area (Å²) in [6.45, 7) is 0.0956. The number of hydrogen-bond acceptors (Lipinski definition) is 5.